The Balaban J connectivity index is 2.22. The molecule has 0 aliphatic heterocycles. The van der Waals surface area contributed by atoms with Gasteiger partial charge in [0, 0.05) is 18.3 Å². The van der Waals surface area contributed by atoms with E-state index >= 15 is 0 Å². The molecule has 0 aliphatic rings. The van der Waals surface area contributed by atoms with Crippen LogP contribution in [-0.2, 0) is 10.0 Å². The van der Waals surface area contributed by atoms with Crippen LogP contribution in [-0.4, -0.2) is 23.2 Å². The molecule has 2 rings (SSSR count). The maximum atomic E-state index is 11.9. The summed E-state index contributed by atoms with van der Waals surface area (Å²) in [6.45, 7) is 3.91. The van der Waals surface area contributed by atoms with Crippen LogP contribution in [0, 0.1) is 0 Å². The fourth-order valence-corrected chi connectivity index (χ4v) is 3.52. The normalized spacial score (nSPS) is 12.0. The van der Waals surface area contributed by atoms with Gasteiger partial charge in [-0.15, -0.1) is 0 Å². The van der Waals surface area contributed by atoms with Gasteiger partial charge in [0.2, 0.25) is 0 Å². The Morgan fingerprint density at radius 2 is 2.22 bits per heavy atom. The van der Waals surface area contributed by atoms with E-state index in [1.165, 1.54) is 6.20 Å². The first-order valence-corrected chi connectivity index (χ1v) is 7.75. The molecule has 0 spiro atoms. The van der Waals surface area contributed by atoms with E-state index in [1.807, 2.05) is 13.8 Å². The van der Waals surface area contributed by atoms with Gasteiger partial charge in [-0.1, -0.05) is 22.9 Å². The molecule has 0 unspecified atom stereocenters. The molecule has 0 saturated carbocycles. The lowest BCUT2D eigenvalue weighted by Gasteiger charge is -2.04. The number of hydrogen-bond acceptors (Lipinski definition) is 5. The Morgan fingerprint density at radius 3 is 2.72 bits per heavy atom. The highest BCUT2D eigenvalue weighted by Gasteiger charge is 2.19. The molecule has 0 bridgehead atoms. The van der Waals surface area contributed by atoms with Crippen molar-refractivity contribution in [2.75, 3.05) is 4.72 Å². The number of anilines is 1. The highest BCUT2D eigenvalue weighted by molar-refractivity contribution is 7.94. The summed E-state index contributed by atoms with van der Waals surface area (Å²) in [4.78, 5) is 3.70. The van der Waals surface area contributed by atoms with E-state index in [9.17, 15) is 8.42 Å². The third-order valence-corrected chi connectivity index (χ3v) is 5.03. The zero-order valence-corrected chi connectivity index (χ0v) is 12.1. The first-order chi connectivity index (χ1) is 8.38. The van der Waals surface area contributed by atoms with Crippen LogP contribution in [0.4, 0.5) is 5.82 Å². The minimum atomic E-state index is -3.66. The second-order valence-electron chi connectivity index (χ2n) is 3.81. The van der Waals surface area contributed by atoms with Crippen LogP contribution in [0.5, 0.6) is 0 Å². The molecule has 0 fully saturated rings. The fraction of sp³-hybridized carbons (Fsp3) is 0.333. The Morgan fingerprint density at radius 1 is 1.50 bits per heavy atom. The molecule has 0 saturated heterocycles. The maximum absolute atomic E-state index is 11.9. The Hall–Kier alpha value is -1.12. The van der Waals surface area contributed by atoms with Crippen molar-refractivity contribution in [3.05, 3.63) is 22.9 Å². The third-order valence-electron chi connectivity index (χ3n) is 2.10. The van der Waals surface area contributed by atoms with Gasteiger partial charge < -0.3 is 0 Å². The van der Waals surface area contributed by atoms with Crippen molar-refractivity contribution in [2.45, 2.75) is 24.1 Å². The van der Waals surface area contributed by atoms with Crippen LogP contribution in [0.2, 0.25) is 4.47 Å². The molecule has 2 heterocycles. The molecule has 9 heteroatoms. The molecule has 98 valence electrons. The second kappa shape index (κ2) is 4.87. The van der Waals surface area contributed by atoms with Gasteiger partial charge in [-0.05, 0) is 13.8 Å². The van der Waals surface area contributed by atoms with Crippen molar-refractivity contribution in [3.63, 3.8) is 0 Å². The van der Waals surface area contributed by atoms with Crippen molar-refractivity contribution < 1.29 is 8.42 Å². The van der Waals surface area contributed by atoms with Gasteiger partial charge in [0.1, 0.15) is 0 Å². The lowest BCUT2D eigenvalue weighted by molar-refractivity contribution is 0.534. The van der Waals surface area contributed by atoms with Crippen molar-refractivity contribution in [3.8, 4) is 0 Å². The standard InChI is InChI=1S/C9H11ClN4O2S2/c1-6(2)14-4-3-7(12-14)13-18(15,16)8-5-11-9(10)17-8/h3-6H,1-2H3,(H,12,13). The molecule has 0 aromatic carbocycles. The minimum Gasteiger partial charge on any atom is -0.268 e. The molecular formula is C9H11ClN4O2S2. The average molecular weight is 307 g/mol. The monoisotopic (exact) mass is 306 g/mol. The molecule has 0 aliphatic carbocycles. The molecule has 1 N–H and O–H groups in total. The van der Waals surface area contributed by atoms with E-state index in [0.29, 0.717) is 0 Å². The van der Waals surface area contributed by atoms with Crippen molar-refractivity contribution in [1.29, 1.82) is 0 Å². The number of nitrogens with zero attached hydrogens (tertiary/aromatic N) is 3. The first-order valence-electron chi connectivity index (χ1n) is 5.08. The minimum absolute atomic E-state index is 0.0617. The summed E-state index contributed by atoms with van der Waals surface area (Å²) < 4.78 is 28.2. The molecule has 6 nitrogen and oxygen atoms in total. The van der Waals surface area contributed by atoms with Crippen molar-refractivity contribution in [2.24, 2.45) is 0 Å². The van der Waals surface area contributed by atoms with Crippen molar-refractivity contribution in [1.82, 2.24) is 14.8 Å². The smallest absolute Gasteiger partial charge is 0.268 e. The van der Waals surface area contributed by atoms with E-state index in [2.05, 4.69) is 14.8 Å². The summed E-state index contributed by atoms with van der Waals surface area (Å²) in [7, 11) is -3.66. The highest BCUT2D eigenvalue weighted by atomic mass is 35.5. The third kappa shape index (κ3) is 2.82. The van der Waals surface area contributed by atoms with Crippen LogP contribution >= 0.6 is 22.9 Å². The van der Waals surface area contributed by atoms with Crippen LogP contribution in [0.25, 0.3) is 0 Å². The fourth-order valence-electron chi connectivity index (χ4n) is 1.23. The van der Waals surface area contributed by atoms with Crippen LogP contribution in [0.3, 0.4) is 0 Å². The predicted octanol–water partition coefficient (Wildman–Crippen LogP) is 2.37. The topological polar surface area (TPSA) is 76.9 Å². The lowest BCUT2D eigenvalue weighted by Crippen LogP contribution is -2.12. The number of rotatable bonds is 4. The summed E-state index contributed by atoms with van der Waals surface area (Å²) in [6, 6.07) is 1.77. The summed E-state index contributed by atoms with van der Waals surface area (Å²) in [5, 5.41) is 4.10. The number of hydrogen-bond donors (Lipinski definition) is 1. The number of thiazole rings is 1. The van der Waals surface area contributed by atoms with E-state index < -0.39 is 10.0 Å². The average Bonchev–Trinajstić information content (AvgIpc) is 2.86. The summed E-state index contributed by atoms with van der Waals surface area (Å²) in [5.74, 6) is 0.272. The molecule has 2 aromatic heterocycles. The van der Waals surface area contributed by atoms with Gasteiger partial charge in [0.25, 0.3) is 10.0 Å². The molecular weight excluding hydrogens is 296 g/mol. The van der Waals surface area contributed by atoms with Gasteiger partial charge in [0.15, 0.2) is 14.5 Å². The Bertz CT molecular complexity index is 647. The summed E-state index contributed by atoms with van der Waals surface area (Å²) in [5.41, 5.74) is 0. The SMILES string of the molecule is CC(C)n1ccc(NS(=O)(=O)c2cnc(Cl)s2)n1. The van der Waals surface area contributed by atoms with E-state index in [-0.39, 0.29) is 20.5 Å². The lowest BCUT2D eigenvalue weighted by atomic mass is 10.4. The number of nitrogens with one attached hydrogen (secondary N) is 1. The zero-order chi connectivity index (χ0) is 13.3. The highest BCUT2D eigenvalue weighted by Crippen LogP contribution is 2.24. The molecule has 0 radical (unpaired) electrons. The number of aromatic nitrogens is 3. The quantitative estimate of drug-likeness (QED) is 0.940. The zero-order valence-electron chi connectivity index (χ0n) is 9.66. The molecule has 18 heavy (non-hydrogen) atoms. The molecule has 0 atom stereocenters. The molecule has 0 amide bonds. The van der Waals surface area contributed by atoms with Gasteiger partial charge in [-0.25, -0.2) is 13.4 Å². The van der Waals surface area contributed by atoms with Crippen LogP contribution < -0.4 is 4.72 Å². The number of halogens is 1. The van der Waals surface area contributed by atoms with Crippen LogP contribution in [0.1, 0.15) is 19.9 Å². The summed E-state index contributed by atoms with van der Waals surface area (Å²) in [6.07, 6.45) is 2.93. The van der Waals surface area contributed by atoms with E-state index in [0.717, 1.165) is 11.3 Å². The maximum Gasteiger partial charge on any atom is 0.274 e. The second-order valence-corrected chi connectivity index (χ2v) is 7.33. The molecule has 2 aromatic rings. The first kappa shape index (κ1) is 13.3. The largest absolute Gasteiger partial charge is 0.274 e. The van der Waals surface area contributed by atoms with Gasteiger partial charge >= 0.3 is 0 Å². The van der Waals surface area contributed by atoms with Crippen LogP contribution in [0.15, 0.2) is 22.7 Å². The van der Waals surface area contributed by atoms with Gasteiger partial charge in [0.05, 0.1) is 6.20 Å². The summed E-state index contributed by atoms with van der Waals surface area (Å²) >= 11 is 6.51. The Kier molecular flexibility index (Phi) is 3.60. The van der Waals surface area contributed by atoms with Gasteiger partial charge in [-0.3, -0.25) is 9.40 Å². The van der Waals surface area contributed by atoms with Crippen molar-refractivity contribution >= 4 is 38.8 Å². The predicted molar refractivity (Wildman–Crippen MR) is 70.5 cm³/mol. The van der Waals surface area contributed by atoms with E-state index in [4.69, 9.17) is 11.6 Å². The van der Waals surface area contributed by atoms with E-state index in [1.54, 1.807) is 16.9 Å². The number of sulfonamides is 1. The van der Waals surface area contributed by atoms with Gasteiger partial charge in [-0.2, -0.15) is 5.10 Å². The Labute approximate surface area is 114 Å².